The lowest BCUT2D eigenvalue weighted by Crippen LogP contribution is -2.33. The van der Waals surface area contributed by atoms with Crippen LogP contribution >= 0.6 is 11.8 Å². The molecule has 3 rings (SSSR count). The Labute approximate surface area is 137 Å². The average molecular weight is 328 g/mol. The molecule has 23 heavy (non-hydrogen) atoms. The van der Waals surface area contributed by atoms with Gasteiger partial charge in [0.15, 0.2) is 0 Å². The van der Waals surface area contributed by atoms with Gasteiger partial charge in [-0.15, -0.1) is 0 Å². The van der Waals surface area contributed by atoms with Crippen LogP contribution in [0.4, 0.5) is 14.9 Å². The lowest BCUT2D eigenvalue weighted by atomic mass is 10.2. The Balaban J connectivity index is 1.72. The molecule has 0 radical (unpaired) electrons. The highest BCUT2D eigenvalue weighted by molar-refractivity contribution is 8.18. The Morgan fingerprint density at radius 2 is 1.87 bits per heavy atom. The van der Waals surface area contributed by atoms with E-state index in [-0.39, 0.29) is 28.5 Å². The molecule has 0 atom stereocenters. The SMILES string of the molecule is O=C1S/C(=C/c2cccc(F)c2)C(=O)N1CNc1ccccc1. The second-order valence-electron chi connectivity index (χ2n) is 4.87. The smallest absolute Gasteiger partial charge is 0.295 e. The first-order valence-electron chi connectivity index (χ1n) is 6.93. The zero-order valence-corrected chi connectivity index (χ0v) is 12.8. The molecule has 0 aromatic heterocycles. The summed E-state index contributed by atoms with van der Waals surface area (Å²) in [6.45, 7) is 0.0924. The number of amides is 2. The first-order valence-corrected chi connectivity index (χ1v) is 7.75. The highest BCUT2D eigenvalue weighted by atomic mass is 32.2. The molecule has 4 nitrogen and oxygen atoms in total. The van der Waals surface area contributed by atoms with E-state index in [1.165, 1.54) is 18.2 Å². The van der Waals surface area contributed by atoms with Gasteiger partial charge in [0.2, 0.25) is 0 Å². The maximum absolute atomic E-state index is 13.2. The van der Waals surface area contributed by atoms with Crippen molar-refractivity contribution in [1.29, 1.82) is 0 Å². The third-order valence-electron chi connectivity index (χ3n) is 3.24. The molecule has 1 aliphatic rings. The molecule has 1 fully saturated rings. The normalized spacial score (nSPS) is 16.2. The van der Waals surface area contributed by atoms with Gasteiger partial charge < -0.3 is 5.32 Å². The van der Waals surface area contributed by atoms with Crippen molar-refractivity contribution in [3.63, 3.8) is 0 Å². The summed E-state index contributed by atoms with van der Waals surface area (Å²) < 4.78 is 13.2. The number of nitrogens with zero attached hydrogens (tertiary/aromatic N) is 1. The molecule has 0 saturated carbocycles. The number of nitrogens with one attached hydrogen (secondary N) is 1. The van der Waals surface area contributed by atoms with E-state index < -0.39 is 0 Å². The van der Waals surface area contributed by atoms with Crippen molar-refractivity contribution >= 4 is 34.7 Å². The second-order valence-corrected chi connectivity index (χ2v) is 5.86. The van der Waals surface area contributed by atoms with Crippen LogP contribution in [0.2, 0.25) is 0 Å². The monoisotopic (exact) mass is 328 g/mol. The Bertz CT molecular complexity index is 777. The number of halogens is 1. The largest absolute Gasteiger partial charge is 0.367 e. The van der Waals surface area contributed by atoms with Crippen LogP contribution in [0, 0.1) is 5.82 Å². The number of anilines is 1. The van der Waals surface area contributed by atoms with Crippen LogP contribution in [-0.2, 0) is 4.79 Å². The summed E-state index contributed by atoms with van der Waals surface area (Å²) in [5, 5.41) is 2.68. The molecule has 1 heterocycles. The molecular formula is C17H13FN2O2S. The highest BCUT2D eigenvalue weighted by Crippen LogP contribution is 2.32. The van der Waals surface area contributed by atoms with Crippen LogP contribution in [0.1, 0.15) is 5.56 Å². The molecule has 6 heteroatoms. The quantitative estimate of drug-likeness (QED) is 0.864. The summed E-state index contributed by atoms with van der Waals surface area (Å²) in [6.07, 6.45) is 1.52. The van der Waals surface area contributed by atoms with Gasteiger partial charge in [-0.3, -0.25) is 14.5 Å². The van der Waals surface area contributed by atoms with E-state index in [9.17, 15) is 14.0 Å². The van der Waals surface area contributed by atoms with Crippen LogP contribution in [0.3, 0.4) is 0 Å². The van der Waals surface area contributed by atoms with Crippen LogP contribution < -0.4 is 5.32 Å². The van der Waals surface area contributed by atoms with Gasteiger partial charge in [-0.2, -0.15) is 0 Å². The molecule has 0 unspecified atom stereocenters. The summed E-state index contributed by atoms with van der Waals surface area (Å²) in [5.74, 6) is -0.767. The maximum Gasteiger partial charge on any atom is 0.295 e. The lowest BCUT2D eigenvalue weighted by Gasteiger charge is -2.14. The van der Waals surface area contributed by atoms with Crippen molar-refractivity contribution in [3.8, 4) is 0 Å². The van der Waals surface area contributed by atoms with E-state index in [2.05, 4.69) is 5.32 Å². The number of carbonyl (C=O) groups excluding carboxylic acids is 2. The maximum atomic E-state index is 13.2. The molecule has 116 valence electrons. The van der Waals surface area contributed by atoms with E-state index in [4.69, 9.17) is 0 Å². The number of carbonyl (C=O) groups is 2. The average Bonchev–Trinajstić information content (AvgIpc) is 2.80. The summed E-state index contributed by atoms with van der Waals surface area (Å²) >= 11 is 0.854. The van der Waals surface area contributed by atoms with Crippen molar-refractivity contribution in [2.24, 2.45) is 0 Å². The van der Waals surface area contributed by atoms with Gasteiger partial charge in [0.25, 0.3) is 11.1 Å². The van der Waals surface area contributed by atoms with E-state index in [0.29, 0.717) is 5.56 Å². The number of hydrogen-bond donors (Lipinski definition) is 1. The van der Waals surface area contributed by atoms with E-state index in [1.807, 2.05) is 30.3 Å². The van der Waals surface area contributed by atoms with Gasteiger partial charge in [0, 0.05) is 5.69 Å². The van der Waals surface area contributed by atoms with E-state index in [1.54, 1.807) is 12.1 Å². The highest BCUT2D eigenvalue weighted by Gasteiger charge is 2.34. The number of thioether (sulfide) groups is 1. The third-order valence-corrected chi connectivity index (χ3v) is 4.14. The van der Waals surface area contributed by atoms with Gasteiger partial charge >= 0.3 is 0 Å². The number of para-hydroxylation sites is 1. The van der Waals surface area contributed by atoms with Crippen molar-refractivity contribution in [1.82, 2.24) is 4.90 Å². The van der Waals surface area contributed by atoms with Gasteiger partial charge in [-0.05, 0) is 47.7 Å². The van der Waals surface area contributed by atoms with Crippen molar-refractivity contribution in [2.75, 3.05) is 12.0 Å². The van der Waals surface area contributed by atoms with Gasteiger partial charge in [0.05, 0.1) is 11.6 Å². The first kappa shape index (κ1) is 15.3. The molecular weight excluding hydrogens is 315 g/mol. The minimum absolute atomic E-state index is 0.0924. The number of benzene rings is 2. The molecule has 1 aliphatic heterocycles. The molecule has 0 aliphatic carbocycles. The molecule has 1 saturated heterocycles. The lowest BCUT2D eigenvalue weighted by molar-refractivity contribution is -0.122. The van der Waals surface area contributed by atoms with Crippen LogP contribution in [0.15, 0.2) is 59.5 Å². The molecule has 2 aromatic rings. The number of hydrogen-bond acceptors (Lipinski definition) is 4. The van der Waals surface area contributed by atoms with Gasteiger partial charge in [-0.25, -0.2) is 4.39 Å². The molecule has 2 aromatic carbocycles. The van der Waals surface area contributed by atoms with Crippen molar-refractivity contribution in [2.45, 2.75) is 0 Å². The standard InChI is InChI=1S/C17H13FN2O2S/c18-13-6-4-5-12(9-13)10-15-16(21)20(17(22)23-15)11-19-14-7-2-1-3-8-14/h1-10,19H,11H2/b15-10+. The van der Waals surface area contributed by atoms with E-state index in [0.717, 1.165) is 22.3 Å². The van der Waals surface area contributed by atoms with Crippen LogP contribution in [-0.4, -0.2) is 22.7 Å². The zero-order valence-electron chi connectivity index (χ0n) is 12.0. The fourth-order valence-corrected chi connectivity index (χ4v) is 2.95. The summed E-state index contributed by atoms with van der Waals surface area (Å²) in [4.78, 5) is 25.7. The first-order chi connectivity index (χ1) is 11.1. The Hall–Kier alpha value is -2.60. The number of imide groups is 1. The van der Waals surface area contributed by atoms with Gasteiger partial charge in [0.1, 0.15) is 5.82 Å². The predicted octanol–water partition coefficient (Wildman–Crippen LogP) is 3.93. The Kier molecular flexibility index (Phi) is 4.43. The zero-order chi connectivity index (χ0) is 16.2. The molecule has 0 bridgehead atoms. The third kappa shape index (κ3) is 3.60. The summed E-state index contributed by atoms with van der Waals surface area (Å²) in [6, 6.07) is 15.2. The summed E-state index contributed by atoms with van der Waals surface area (Å²) in [5.41, 5.74) is 1.37. The van der Waals surface area contributed by atoms with Crippen molar-refractivity contribution < 1.29 is 14.0 Å². The second kappa shape index (κ2) is 6.66. The topological polar surface area (TPSA) is 49.4 Å². The molecule has 1 N–H and O–H groups in total. The summed E-state index contributed by atoms with van der Waals surface area (Å²) in [7, 11) is 0. The Morgan fingerprint density at radius 3 is 2.61 bits per heavy atom. The molecule has 2 amide bonds. The Morgan fingerprint density at radius 1 is 1.09 bits per heavy atom. The fourth-order valence-electron chi connectivity index (χ4n) is 2.11. The van der Waals surface area contributed by atoms with Crippen molar-refractivity contribution in [3.05, 3.63) is 70.9 Å². The van der Waals surface area contributed by atoms with Crippen LogP contribution in [0.25, 0.3) is 6.08 Å². The minimum Gasteiger partial charge on any atom is -0.367 e. The predicted molar refractivity (Wildman–Crippen MR) is 89.1 cm³/mol. The van der Waals surface area contributed by atoms with Gasteiger partial charge in [-0.1, -0.05) is 30.3 Å². The van der Waals surface area contributed by atoms with E-state index >= 15 is 0 Å². The molecule has 0 spiro atoms. The van der Waals surface area contributed by atoms with Crippen LogP contribution in [0.5, 0.6) is 0 Å². The number of rotatable bonds is 4. The fraction of sp³-hybridized carbons (Fsp3) is 0.0588. The minimum atomic E-state index is -0.385.